The Balaban J connectivity index is 0.000000140. The summed E-state index contributed by atoms with van der Waals surface area (Å²) in [5.41, 5.74) is 16.8. The molecule has 0 bridgehead atoms. The zero-order chi connectivity index (χ0) is 98.5. The highest BCUT2D eigenvalue weighted by Crippen LogP contribution is 2.35. The number of carbonyl (C=O) groups is 6. The number of urea groups is 1. The molecule has 4 unspecified atom stereocenters. The normalized spacial score (nSPS) is 14.1. The molecule has 1 saturated heterocycles. The lowest BCUT2D eigenvalue weighted by atomic mass is 10.0. The van der Waals surface area contributed by atoms with E-state index >= 15 is 0 Å². The van der Waals surface area contributed by atoms with Crippen LogP contribution in [0.5, 0.6) is 0 Å². The van der Waals surface area contributed by atoms with Gasteiger partial charge >= 0.3 is 6.03 Å². The number of nitrogens with zero attached hydrogens (tertiary/aromatic N) is 15. The number of hydrogen-bond donors (Lipinski definition) is 13. The number of nitrogens with one attached hydrogen (secondary N) is 13. The summed E-state index contributed by atoms with van der Waals surface area (Å²) in [5, 5.41) is 45.1. The molecular formula is C97H102N28O10S4. The molecule has 2 fully saturated rings. The van der Waals surface area contributed by atoms with Gasteiger partial charge in [0.05, 0.1) is 81.5 Å². The first-order valence-electron chi connectivity index (χ1n) is 43.4. The van der Waals surface area contributed by atoms with Crippen LogP contribution in [0.3, 0.4) is 0 Å². The zero-order valence-corrected chi connectivity index (χ0v) is 80.5. The summed E-state index contributed by atoms with van der Waals surface area (Å²) in [4.78, 5) is 116. The monoisotopic (exact) mass is 1950 g/mol. The van der Waals surface area contributed by atoms with E-state index in [2.05, 4.69) is 172 Å². The summed E-state index contributed by atoms with van der Waals surface area (Å²) >= 11 is 0. The Morgan fingerprint density at radius 1 is 0.360 bits per heavy atom. The standard InChI is InChI=1S/C26H29N7O2S.C25H24N6O3S.C23H24N8O3S.C23H25N7O2S/c1-36(2,35)32-24-9-7-21(16-28-24)29-26(34)25-22-13-19(6-8-23(22)30-31-25)20-12-18(14-27-15-20)17-33-10-4-3-5-11-33;1-35(2,34)31-23-8-6-19(14-27-23)28-25(33)24-20-11-17(5-7-21(20)29-30-24)18-9-15(12-26-13-18)10-22(32)16-3-4-16;1-31(2)23(33)27-17-9-15(11-24-12-17)14-5-7-19-18(10-14)21(29-28-19)22(32)26-16-6-8-20(25-13-16)30-35(3,4)34;1-30(2)14-15-9-17(12-24-11-15)16-5-7-20-19(10-16)22(28-27-20)23(31)26-18-6-8-21(25-13-18)29-33(3,4)32/h6-9,12-16H,1,3-5,10-11,17H2,2H3,(H,29,34)(H,30,31)(H,28,32,35);5-9,11-14,16H,1,3-4,10H2,2H3,(H,28,33)(H,29,30)(H,27,31,34);5-13H,3H2,1-2,4H3,(H,26,32)(H,27,33)(H,28,29)(H,25,30,34);5-13H,3,14H2,1-2,4H3,(H,26,31)(H,27,28)(H,25,29,32). The molecule has 1 aliphatic carbocycles. The number of anilines is 9. The average molecular weight is 1950 g/mol. The van der Waals surface area contributed by atoms with Crippen molar-refractivity contribution in [2.75, 3.05) is 112 Å². The molecule has 4 atom stereocenters. The van der Waals surface area contributed by atoms with E-state index in [1.807, 2.05) is 118 Å². The predicted molar refractivity (Wildman–Crippen MR) is 556 cm³/mol. The van der Waals surface area contributed by atoms with Crippen molar-refractivity contribution in [3.8, 4) is 44.5 Å². The highest BCUT2D eigenvalue weighted by Gasteiger charge is 2.30. The third-order valence-electron chi connectivity index (χ3n) is 21.4. The number of hydrogen-bond acceptors (Lipinski definition) is 24. The Morgan fingerprint density at radius 3 is 0.993 bits per heavy atom. The first kappa shape index (κ1) is 97.5. The molecule has 1 saturated carbocycles. The number of aromatic amines is 4. The van der Waals surface area contributed by atoms with Crippen molar-refractivity contribution in [3.63, 3.8) is 0 Å². The van der Waals surface area contributed by atoms with Crippen LogP contribution in [0.2, 0.25) is 0 Å². The molecule has 2 aliphatic rings. The Hall–Kier alpha value is -16.0. The number of H-pyrrole nitrogens is 4. The minimum Gasteiger partial charge on any atom is -0.331 e. The fourth-order valence-corrected chi connectivity index (χ4v) is 17.1. The maximum Gasteiger partial charge on any atom is 0.321 e. The van der Waals surface area contributed by atoms with Crippen molar-refractivity contribution < 1.29 is 45.6 Å². The molecule has 16 aromatic rings. The van der Waals surface area contributed by atoms with Crippen molar-refractivity contribution >= 4 is 193 Å². The Kier molecular flexibility index (Phi) is 29.8. The van der Waals surface area contributed by atoms with E-state index in [1.54, 1.807) is 93.5 Å². The summed E-state index contributed by atoms with van der Waals surface area (Å²) in [6, 6.07) is 43.8. The highest BCUT2D eigenvalue weighted by atomic mass is 32.2. The molecule has 139 heavy (non-hydrogen) atoms. The van der Waals surface area contributed by atoms with E-state index in [4.69, 9.17) is 0 Å². The second-order valence-electron chi connectivity index (χ2n) is 34.3. The van der Waals surface area contributed by atoms with E-state index in [1.165, 1.54) is 79.5 Å². The second kappa shape index (κ2) is 42.5. The molecule has 12 aromatic heterocycles. The van der Waals surface area contributed by atoms with Crippen LogP contribution in [0.25, 0.3) is 88.1 Å². The number of piperidine rings is 1. The fraction of sp³-hybridized carbons (Fsp3) is 0.196. The van der Waals surface area contributed by atoms with Gasteiger partial charge in [0.15, 0.2) is 22.8 Å². The average Bonchev–Trinajstić information content (AvgIpc) is 1.49. The summed E-state index contributed by atoms with van der Waals surface area (Å²) < 4.78 is 57.9. The minimum absolute atomic E-state index is 0.210. The number of Topliss-reactive ketones (excluding diaryl/α,β-unsaturated/α-hetero) is 1. The Morgan fingerprint density at radius 2 is 0.676 bits per heavy atom. The molecule has 13 N–H and O–H groups in total. The molecule has 13 heterocycles. The summed E-state index contributed by atoms with van der Waals surface area (Å²) in [6.45, 7) is 3.95. The second-order valence-corrected chi connectivity index (χ2v) is 43.2. The minimum atomic E-state index is -2.45. The maximum atomic E-state index is 13.0. The van der Waals surface area contributed by atoms with Crippen molar-refractivity contribution in [2.45, 2.75) is 51.6 Å². The predicted octanol–water partition coefficient (Wildman–Crippen LogP) is 13.4. The lowest BCUT2D eigenvalue weighted by Crippen LogP contribution is -2.29. The van der Waals surface area contributed by atoms with Crippen LogP contribution in [0.4, 0.5) is 56.5 Å². The van der Waals surface area contributed by atoms with Gasteiger partial charge in [-0.3, -0.25) is 88.1 Å². The van der Waals surface area contributed by atoms with Gasteiger partial charge in [0.1, 0.15) is 29.1 Å². The number of likely N-dealkylation sites (tertiary alicyclic amines) is 1. The van der Waals surface area contributed by atoms with Crippen molar-refractivity contribution in [3.05, 3.63) is 259 Å². The molecule has 0 radical (unpaired) electrons. The molecule has 6 amide bonds. The third kappa shape index (κ3) is 27.0. The fourth-order valence-electron chi connectivity index (χ4n) is 14.8. The van der Waals surface area contributed by atoms with E-state index in [9.17, 15) is 45.6 Å². The molecule has 4 aromatic carbocycles. The Bertz CT molecular complexity index is 7560. The molecule has 38 nitrogen and oxygen atoms in total. The number of ketones is 1. The van der Waals surface area contributed by atoms with Crippen LogP contribution in [-0.2, 0) is 63.1 Å². The molecule has 714 valence electrons. The maximum absolute atomic E-state index is 13.0. The van der Waals surface area contributed by atoms with Gasteiger partial charge in [0.25, 0.3) is 23.6 Å². The quantitative estimate of drug-likeness (QED) is 0.0203. The third-order valence-corrected chi connectivity index (χ3v) is 23.9. The van der Waals surface area contributed by atoms with Gasteiger partial charge < -0.3 is 36.4 Å². The van der Waals surface area contributed by atoms with Gasteiger partial charge in [-0.15, -0.1) is 0 Å². The number of pyridine rings is 8. The van der Waals surface area contributed by atoms with E-state index in [-0.39, 0.29) is 46.6 Å². The molecule has 1 aliphatic heterocycles. The van der Waals surface area contributed by atoms with Gasteiger partial charge in [0.2, 0.25) is 0 Å². The largest absolute Gasteiger partial charge is 0.331 e. The van der Waals surface area contributed by atoms with Gasteiger partial charge in [-0.05, 0) is 237 Å². The van der Waals surface area contributed by atoms with Gasteiger partial charge in [-0.2, -0.15) is 20.4 Å². The zero-order valence-electron chi connectivity index (χ0n) is 77.2. The number of fused-ring (bicyclic) bond motifs is 4. The van der Waals surface area contributed by atoms with E-state index < -0.39 is 50.6 Å². The van der Waals surface area contributed by atoms with Crippen molar-refractivity contribution in [1.29, 1.82) is 0 Å². The number of carbonyl (C=O) groups excluding carboxylic acids is 6. The number of amides is 6. The number of aromatic nitrogens is 16. The SMILES string of the molecule is C=S(C)(=O)Nc1ccc(NC(=O)c2n[nH]c3ccc(-c4cncc(CC(=O)C5CC5)c4)cc23)cn1.C=S(C)(=O)Nc1ccc(NC(=O)c2n[nH]c3ccc(-c4cncc(CN(C)C)c4)cc23)cn1.C=S(C)(=O)Nc1ccc(NC(=O)c2n[nH]c3ccc(-c4cncc(CN5CCCCC5)c4)cc23)cn1.C=S(C)(=O)Nc1ccc(NC(=O)c2n[nH]c3ccc(-c4cncc(NC(=O)N(C)C)c4)cc23)cn1. The number of benzene rings is 4. The van der Waals surface area contributed by atoms with E-state index in [0.717, 1.165) is 117 Å². The Labute approximate surface area is 802 Å². The van der Waals surface area contributed by atoms with Crippen LogP contribution >= 0.6 is 0 Å². The first-order valence-corrected chi connectivity index (χ1v) is 52.0. The highest BCUT2D eigenvalue weighted by molar-refractivity contribution is 8.01. The van der Waals surface area contributed by atoms with Crippen LogP contribution in [0.15, 0.2) is 220 Å². The lowest BCUT2D eigenvalue weighted by molar-refractivity contribution is -0.119. The van der Waals surface area contributed by atoms with Crippen LogP contribution in [0, 0.1) is 5.92 Å². The first-order chi connectivity index (χ1) is 66.3. The molecule has 0 spiro atoms. The number of rotatable bonds is 28. The molecular weight excluding hydrogens is 1850 g/mol. The summed E-state index contributed by atoms with van der Waals surface area (Å²) in [5.74, 6) is 14.7. The van der Waals surface area contributed by atoms with Crippen LogP contribution in [-0.4, -0.2) is 237 Å². The van der Waals surface area contributed by atoms with Crippen molar-refractivity contribution in [1.82, 2.24) is 95.4 Å². The van der Waals surface area contributed by atoms with E-state index in [0.29, 0.717) is 85.5 Å². The summed E-state index contributed by atoms with van der Waals surface area (Å²) in [7, 11) is -2.43. The van der Waals surface area contributed by atoms with Gasteiger partial charge in [-0.25, -0.2) is 41.6 Å². The van der Waals surface area contributed by atoms with Crippen LogP contribution < -0.4 is 45.5 Å². The molecule has 18 rings (SSSR count). The topological polar surface area (TPSA) is 507 Å². The smallest absolute Gasteiger partial charge is 0.321 e. The van der Waals surface area contributed by atoms with Crippen LogP contribution in [0.1, 0.15) is 90.7 Å². The molecule has 42 heteroatoms. The lowest BCUT2D eigenvalue weighted by Gasteiger charge is -2.26. The van der Waals surface area contributed by atoms with Crippen molar-refractivity contribution in [2.24, 2.45) is 5.92 Å². The van der Waals surface area contributed by atoms with Gasteiger partial charge in [-0.1, -0.05) is 30.7 Å². The van der Waals surface area contributed by atoms with Gasteiger partial charge in [0, 0.05) is 191 Å². The summed E-state index contributed by atoms with van der Waals surface area (Å²) in [6.07, 6.45) is 32.1.